The van der Waals surface area contributed by atoms with Crippen molar-refractivity contribution in [2.24, 2.45) is 11.8 Å². The average Bonchev–Trinajstić information content (AvgIpc) is 2.99. The summed E-state index contributed by atoms with van der Waals surface area (Å²) in [6, 6.07) is 6.64. The van der Waals surface area contributed by atoms with Gasteiger partial charge >= 0.3 is 6.36 Å². The van der Waals surface area contributed by atoms with E-state index in [1.54, 1.807) is 12.1 Å². The molecule has 1 aromatic carbocycles. The molecule has 1 heterocycles. The minimum Gasteiger partial charge on any atom is -0.406 e. The Bertz CT molecular complexity index is 585. The fourth-order valence-electron chi connectivity index (χ4n) is 4.39. The lowest BCUT2D eigenvalue weighted by atomic mass is 9.83. The maximum Gasteiger partial charge on any atom is 0.573 e. The fraction of sp³-hybridized carbons (Fsp3) is 0.700. The summed E-state index contributed by atoms with van der Waals surface area (Å²) in [4.78, 5) is 4.78. The summed E-state index contributed by atoms with van der Waals surface area (Å²) < 4.78 is 42.0. The molecule has 3 nitrogen and oxygen atoms in total. The second-order valence-corrected chi connectivity index (χ2v) is 8.01. The van der Waals surface area contributed by atoms with E-state index in [0.29, 0.717) is 11.8 Å². The number of hydrogen-bond donors (Lipinski definition) is 0. The highest BCUT2D eigenvalue weighted by Gasteiger charge is 2.34. The first-order valence-electron chi connectivity index (χ1n) is 9.57. The predicted octanol–water partition coefficient (Wildman–Crippen LogP) is 4.35. The van der Waals surface area contributed by atoms with Crippen LogP contribution < -0.4 is 4.74 Å². The van der Waals surface area contributed by atoms with Crippen LogP contribution in [0.5, 0.6) is 5.75 Å². The third kappa shape index (κ3) is 5.36. The van der Waals surface area contributed by atoms with Crippen LogP contribution in [-0.4, -0.2) is 55.9 Å². The molecule has 0 amide bonds. The van der Waals surface area contributed by atoms with E-state index in [9.17, 15) is 13.2 Å². The molecule has 0 radical (unpaired) electrons. The number of ether oxygens (including phenoxy) is 1. The Morgan fingerprint density at radius 2 is 1.88 bits per heavy atom. The molecular weight excluding hydrogens is 341 g/mol. The molecule has 0 spiro atoms. The lowest BCUT2D eigenvalue weighted by Gasteiger charge is -2.36. The first kappa shape index (κ1) is 19.5. The van der Waals surface area contributed by atoms with Crippen LogP contribution in [0.2, 0.25) is 0 Å². The van der Waals surface area contributed by atoms with Crippen LogP contribution in [0.3, 0.4) is 0 Å². The van der Waals surface area contributed by atoms with Gasteiger partial charge in [-0.25, -0.2) is 0 Å². The number of nitrogens with zero attached hydrogens (tertiary/aromatic N) is 2. The van der Waals surface area contributed by atoms with Crippen molar-refractivity contribution in [1.29, 1.82) is 0 Å². The first-order valence-corrected chi connectivity index (χ1v) is 9.57. The van der Waals surface area contributed by atoms with Gasteiger partial charge in [-0.15, -0.1) is 13.2 Å². The van der Waals surface area contributed by atoms with Gasteiger partial charge in [0.15, 0.2) is 0 Å². The number of halogens is 3. The van der Waals surface area contributed by atoms with Crippen molar-refractivity contribution in [3.05, 3.63) is 29.8 Å². The average molecular weight is 370 g/mol. The van der Waals surface area contributed by atoms with Crippen LogP contribution in [0.15, 0.2) is 24.3 Å². The maximum atomic E-state index is 12.6. The minimum absolute atomic E-state index is 0.107. The quantitative estimate of drug-likeness (QED) is 0.766. The van der Waals surface area contributed by atoms with Crippen LogP contribution in [-0.2, 0) is 0 Å². The van der Waals surface area contributed by atoms with Gasteiger partial charge < -0.3 is 14.5 Å². The zero-order valence-electron chi connectivity index (χ0n) is 15.6. The SMILES string of the molecule is C[C@@H]1CCC(C(CN2CCN(C)CC2)c2cccc(OC(F)(F)F)c2)C1. The van der Waals surface area contributed by atoms with Crippen molar-refractivity contribution in [2.45, 2.75) is 38.5 Å². The van der Waals surface area contributed by atoms with Crippen LogP contribution in [0, 0.1) is 11.8 Å². The van der Waals surface area contributed by atoms with E-state index in [4.69, 9.17) is 0 Å². The summed E-state index contributed by atoms with van der Waals surface area (Å²) >= 11 is 0. The van der Waals surface area contributed by atoms with Crippen molar-refractivity contribution in [3.63, 3.8) is 0 Å². The van der Waals surface area contributed by atoms with Crippen LogP contribution in [0.1, 0.15) is 37.7 Å². The molecule has 0 bridgehead atoms. The molecule has 146 valence electrons. The molecule has 3 rings (SSSR count). The molecular formula is C20H29F3N2O. The Balaban J connectivity index is 1.77. The highest BCUT2D eigenvalue weighted by atomic mass is 19.4. The topological polar surface area (TPSA) is 15.7 Å². The van der Waals surface area contributed by atoms with E-state index in [2.05, 4.69) is 28.5 Å². The molecule has 6 heteroatoms. The third-order valence-corrected chi connectivity index (χ3v) is 5.88. The first-order chi connectivity index (χ1) is 12.3. The Kier molecular flexibility index (Phi) is 6.13. The van der Waals surface area contributed by atoms with E-state index in [1.807, 2.05) is 6.07 Å². The van der Waals surface area contributed by atoms with Gasteiger partial charge in [0.25, 0.3) is 0 Å². The van der Waals surface area contributed by atoms with E-state index in [-0.39, 0.29) is 11.7 Å². The molecule has 1 saturated carbocycles. The van der Waals surface area contributed by atoms with Crippen LogP contribution in [0.4, 0.5) is 13.2 Å². The number of piperazine rings is 1. The lowest BCUT2D eigenvalue weighted by Crippen LogP contribution is -2.46. The van der Waals surface area contributed by atoms with E-state index >= 15 is 0 Å². The zero-order valence-corrected chi connectivity index (χ0v) is 15.6. The van der Waals surface area contributed by atoms with Crippen molar-refractivity contribution in [1.82, 2.24) is 9.80 Å². The highest BCUT2D eigenvalue weighted by Crippen LogP contribution is 2.41. The highest BCUT2D eigenvalue weighted by molar-refractivity contribution is 5.32. The standard InChI is InChI=1S/C20H29F3N2O/c1-15-6-7-17(12-15)19(14-25-10-8-24(2)9-11-25)16-4-3-5-18(13-16)26-20(21,22)23/h3-5,13,15,17,19H,6-12,14H2,1-2H3/t15-,17?,19?/m1/s1. The van der Waals surface area contributed by atoms with Gasteiger partial charge in [0.2, 0.25) is 0 Å². The summed E-state index contributed by atoms with van der Waals surface area (Å²) in [5.74, 6) is 1.39. The number of hydrogen-bond acceptors (Lipinski definition) is 3. The van der Waals surface area contributed by atoms with Gasteiger partial charge in [-0.2, -0.15) is 0 Å². The van der Waals surface area contributed by atoms with Gasteiger partial charge in [0.05, 0.1) is 0 Å². The lowest BCUT2D eigenvalue weighted by molar-refractivity contribution is -0.274. The van der Waals surface area contributed by atoms with E-state index < -0.39 is 6.36 Å². The molecule has 2 aliphatic rings. The van der Waals surface area contributed by atoms with Crippen molar-refractivity contribution < 1.29 is 17.9 Å². The minimum atomic E-state index is -4.65. The zero-order chi connectivity index (χ0) is 18.7. The second kappa shape index (κ2) is 8.17. The number of alkyl halides is 3. The predicted molar refractivity (Wildman–Crippen MR) is 96.3 cm³/mol. The van der Waals surface area contributed by atoms with Crippen LogP contribution >= 0.6 is 0 Å². The van der Waals surface area contributed by atoms with E-state index in [1.165, 1.54) is 12.5 Å². The fourth-order valence-corrected chi connectivity index (χ4v) is 4.39. The number of rotatable bonds is 5. The molecule has 2 unspecified atom stereocenters. The van der Waals surface area contributed by atoms with Crippen molar-refractivity contribution in [2.75, 3.05) is 39.8 Å². The summed E-state index contributed by atoms with van der Waals surface area (Å²) in [5, 5.41) is 0. The second-order valence-electron chi connectivity index (χ2n) is 8.01. The molecule has 0 N–H and O–H groups in total. The van der Waals surface area contributed by atoms with Crippen molar-refractivity contribution in [3.8, 4) is 5.75 Å². The normalized spacial score (nSPS) is 26.8. The Morgan fingerprint density at radius 3 is 2.50 bits per heavy atom. The van der Waals surface area contributed by atoms with Gasteiger partial charge in [-0.05, 0) is 55.3 Å². The Labute approximate surface area is 154 Å². The Hall–Kier alpha value is -1.27. The number of likely N-dealkylation sites (N-methyl/N-ethyl adjacent to an activating group) is 1. The molecule has 1 aliphatic heterocycles. The molecule has 1 aliphatic carbocycles. The van der Waals surface area contributed by atoms with Crippen molar-refractivity contribution >= 4 is 0 Å². The molecule has 0 aromatic heterocycles. The molecule has 1 saturated heterocycles. The van der Waals surface area contributed by atoms with Gasteiger partial charge in [-0.1, -0.05) is 25.5 Å². The summed E-state index contributed by atoms with van der Waals surface area (Å²) in [6.07, 6.45) is -1.12. The van der Waals surface area contributed by atoms with E-state index in [0.717, 1.165) is 51.1 Å². The largest absolute Gasteiger partial charge is 0.573 e. The molecule has 1 aromatic rings. The third-order valence-electron chi connectivity index (χ3n) is 5.88. The molecule has 26 heavy (non-hydrogen) atoms. The monoisotopic (exact) mass is 370 g/mol. The summed E-state index contributed by atoms with van der Waals surface area (Å²) in [5.41, 5.74) is 0.977. The van der Waals surface area contributed by atoms with Gasteiger partial charge in [0, 0.05) is 32.7 Å². The van der Waals surface area contributed by atoms with Crippen LogP contribution in [0.25, 0.3) is 0 Å². The Morgan fingerprint density at radius 1 is 1.15 bits per heavy atom. The summed E-state index contributed by atoms with van der Waals surface area (Å²) in [6.45, 7) is 7.33. The van der Waals surface area contributed by atoms with Gasteiger partial charge in [-0.3, -0.25) is 0 Å². The molecule has 3 atom stereocenters. The summed E-state index contributed by atoms with van der Waals surface area (Å²) in [7, 11) is 2.13. The maximum absolute atomic E-state index is 12.6. The smallest absolute Gasteiger partial charge is 0.406 e. The number of benzene rings is 1. The van der Waals surface area contributed by atoms with Gasteiger partial charge in [0.1, 0.15) is 5.75 Å². The molecule has 2 fully saturated rings.